The number of ketones is 1. The normalized spacial score (nSPS) is 18.1. The van der Waals surface area contributed by atoms with Gasteiger partial charge in [-0.1, -0.05) is 42.0 Å². The zero-order valence-corrected chi connectivity index (χ0v) is 16.7. The summed E-state index contributed by atoms with van der Waals surface area (Å²) in [6.07, 6.45) is 1.51. The Morgan fingerprint density at radius 3 is 2.53 bits per heavy atom. The average molecular weight is 403 g/mol. The van der Waals surface area contributed by atoms with Crippen LogP contribution < -0.4 is 4.74 Å². The summed E-state index contributed by atoms with van der Waals surface area (Å²) in [6, 6.07) is 17.0. The van der Waals surface area contributed by atoms with Gasteiger partial charge in [-0.2, -0.15) is 0 Å². The molecule has 6 heteroatoms. The highest BCUT2D eigenvalue weighted by Crippen LogP contribution is 2.41. The van der Waals surface area contributed by atoms with Crippen LogP contribution in [0.5, 0.6) is 5.75 Å². The van der Waals surface area contributed by atoms with Gasteiger partial charge in [0.15, 0.2) is 0 Å². The summed E-state index contributed by atoms with van der Waals surface area (Å²) < 4.78 is 10.7. The highest BCUT2D eigenvalue weighted by atomic mass is 16.5. The van der Waals surface area contributed by atoms with Crippen LogP contribution in [0.3, 0.4) is 0 Å². The number of amides is 1. The molecule has 3 aromatic rings. The van der Waals surface area contributed by atoms with Crippen molar-refractivity contribution in [3.8, 4) is 5.75 Å². The Hall–Kier alpha value is -3.80. The van der Waals surface area contributed by atoms with E-state index >= 15 is 0 Å². The highest BCUT2D eigenvalue weighted by molar-refractivity contribution is 6.46. The first-order valence-corrected chi connectivity index (χ1v) is 9.51. The number of carbonyl (C=O) groups is 2. The van der Waals surface area contributed by atoms with Gasteiger partial charge in [0.05, 0.1) is 31.5 Å². The minimum absolute atomic E-state index is 0.0451. The number of ether oxygens (including phenoxy) is 1. The zero-order chi connectivity index (χ0) is 21.3. The largest absolute Gasteiger partial charge is 0.507 e. The van der Waals surface area contributed by atoms with Crippen LogP contribution in [0.4, 0.5) is 0 Å². The zero-order valence-electron chi connectivity index (χ0n) is 16.7. The van der Waals surface area contributed by atoms with Crippen LogP contribution in [-0.2, 0) is 16.1 Å². The van der Waals surface area contributed by atoms with Crippen molar-refractivity contribution in [2.45, 2.75) is 19.5 Å². The van der Waals surface area contributed by atoms with E-state index < -0.39 is 17.7 Å². The number of aryl methyl sites for hydroxylation is 1. The van der Waals surface area contributed by atoms with Crippen molar-refractivity contribution < 1.29 is 23.8 Å². The Balaban J connectivity index is 1.87. The van der Waals surface area contributed by atoms with Crippen molar-refractivity contribution in [2.75, 3.05) is 7.11 Å². The van der Waals surface area contributed by atoms with Crippen LogP contribution in [-0.4, -0.2) is 28.8 Å². The van der Waals surface area contributed by atoms with E-state index in [0.717, 1.165) is 5.56 Å². The van der Waals surface area contributed by atoms with Gasteiger partial charge >= 0.3 is 0 Å². The molecule has 0 spiro atoms. The summed E-state index contributed by atoms with van der Waals surface area (Å²) in [4.78, 5) is 27.3. The third-order valence-electron chi connectivity index (χ3n) is 5.18. The second-order valence-electron chi connectivity index (χ2n) is 7.15. The van der Waals surface area contributed by atoms with Gasteiger partial charge in [0.25, 0.3) is 11.7 Å². The van der Waals surface area contributed by atoms with Crippen LogP contribution in [0, 0.1) is 6.92 Å². The summed E-state index contributed by atoms with van der Waals surface area (Å²) in [6.45, 7) is 2.03. The van der Waals surface area contributed by atoms with Crippen molar-refractivity contribution in [1.82, 2.24) is 4.90 Å². The molecule has 1 fully saturated rings. The van der Waals surface area contributed by atoms with Gasteiger partial charge in [-0.3, -0.25) is 9.59 Å². The predicted molar refractivity (Wildman–Crippen MR) is 111 cm³/mol. The maximum atomic E-state index is 13.0. The van der Waals surface area contributed by atoms with Crippen molar-refractivity contribution in [3.05, 3.63) is 95.0 Å². The lowest BCUT2D eigenvalue weighted by Crippen LogP contribution is -2.29. The Labute approximate surface area is 174 Å². The fraction of sp³-hybridized carbons (Fsp3) is 0.167. The number of likely N-dealkylation sites (tertiary alicyclic amines) is 1. The summed E-state index contributed by atoms with van der Waals surface area (Å²) in [5.41, 5.74) is 2.20. The van der Waals surface area contributed by atoms with Gasteiger partial charge in [0, 0.05) is 5.56 Å². The molecule has 0 radical (unpaired) electrons. The van der Waals surface area contributed by atoms with Crippen molar-refractivity contribution in [3.63, 3.8) is 0 Å². The number of benzene rings is 2. The Morgan fingerprint density at radius 1 is 1.10 bits per heavy atom. The number of hydrogen-bond acceptors (Lipinski definition) is 5. The molecule has 0 unspecified atom stereocenters. The summed E-state index contributed by atoms with van der Waals surface area (Å²) in [7, 11) is 1.55. The molecule has 30 heavy (non-hydrogen) atoms. The summed E-state index contributed by atoms with van der Waals surface area (Å²) in [5, 5.41) is 11.0. The fourth-order valence-corrected chi connectivity index (χ4v) is 3.64. The Morgan fingerprint density at radius 2 is 1.87 bits per heavy atom. The van der Waals surface area contributed by atoms with Gasteiger partial charge in [-0.15, -0.1) is 0 Å². The molecular formula is C24H21NO5. The Kier molecular flexibility index (Phi) is 5.14. The van der Waals surface area contributed by atoms with Crippen LogP contribution >= 0.6 is 0 Å². The van der Waals surface area contributed by atoms with E-state index in [9.17, 15) is 14.7 Å². The van der Waals surface area contributed by atoms with E-state index in [1.165, 1.54) is 11.2 Å². The van der Waals surface area contributed by atoms with Crippen LogP contribution in [0.1, 0.15) is 28.5 Å². The smallest absolute Gasteiger partial charge is 0.296 e. The number of aliphatic hydroxyl groups excluding tert-OH is 1. The highest BCUT2D eigenvalue weighted by Gasteiger charge is 2.46. The lowest BCUT2D eigenvalue weighted by molar-refractivity contribution is -0.140. The predicted octanol–water partition coefficient (Wildman–Crippen LogP) is 4.22. The van der Waals surface area contributed by atoms with E-state index in [4.69, 9.17) is 9.15 Å². The molecule has 1 saturated heterocycles. The summed E-state index contributed by atoms with van der Waals surface area (Å²) >= 11 is 0. The second-order valence-corrected chi connectivity index (χ2v) is 7.15. The van der Waals surface area contributed by atoms with E-state index in [1.807, 2.05) is 19.1 Å². The van der Waals surface area contributed by atoms with Crippen molar-refractivity contribution >= 4 is 17.4 Å². The van der Waals surface area contributed by atoms with Crippen LogP contribution in [0.2, 0.25) is 0 Å². The van der Waals surface area contributed by atoms with Crippen molar-refractivity contribution in [1.29, 1.82) is 0 Å². The molecular weight excluding hydrogens is 382 g/mol. The van der Waals surface area contributed by atoms with Gasteiger partial charge < -0.3 is 19.2 Å². The SMILES string of the molecule is COc1cccc([C@@H]2C(=C(O)c3ccc(C)cc3)C(=O)C(=O)N2Cc2ccco2)c1. The van der Waals surface area contributed by atoms with Gasteiger partial charge in [-0.05, 0) is 36.8 Å². The fourth-order valence-electron chi connectivity index (χ4n) is 3.64. The topological polar surface area (TPSA) is 80.0 Å². The monoisotopic (exact) mass is 403 g/mol. The molecule has 4 rings (SSSR count). The number of carbonyl (C=O) groups excluding carboxylic acids is 2. The number of methoxy groups -OCH3 is 1. The number of hydrogen-bond donors (Lipinski definition) is 1. The first-order valence-electron chi connectivity index (χ1n) is 9.51. The molecule has 6 nitrogen and oxygen atoms in total. The number of nitrogens with zero attached hydrogens (tertiary/aromatic N) is 1. The molecule has 1 amide bonds. The number of rotatable bonds is 5. The van der Waals surface area contributed by atoms with E-state index in [2.05, 4.69) is 0 Å². The van der Waals surface area contributed by atoms with Crippen LogP contribution in [0.25, 0.3) is 5.76 Å². The molecule has 1 atom stereocenters. The second kappa shape index (κ2) is 7.91. The number of aliphatic hydroxyl groups is 1. The van der Waals surface area contributed by atoms with E-state index in [1.54, 1.807) is 55.6 Å². The maximum Gasteiger partial charge on any atom is 0.296 e. The van der Waals surface area contributed by atoms with E-state index in [-0.39, 0.29) is 17.9 Å². The first kappa shape index (κ1) is 19.5. The van der Waals surface area contributed by atoms with Crippen molar-refractivity contribution in [2.24, 2.45) is 0 Å². The maximum absolute atomic E-state index is 13.0. The van der Waals surface area contributed by atoms with Crippen LogP contribution in [0.15, 0.2) is 76.9 Å². The average Bonchev–Trinajstić information content (AvgIpc) is 3.36. The standard InChI is InChI=1S/C24H21NO5/c1-15-8-10-16(11-9-15)22(26)20-21(17-5-3-6-18(13-17)29-2)25(24(28)23(20)27)14-19-7-4-12-30-19/h3-13,21,26H,14H2,1-2H3/t21-/m1/s1. The molecule has 0 aliphatic carbocycles. The van der Waals surface area contributed by atoms with Gasteiger partial charge in [0.1, 0.15) is 17.3 Å². The molecule has 1 N–H and O–H groups in total. The molecule has 1 aliphatic rings. The third-order valence-corrected chi connectivity index (χ3v) is 5.18. The molecule has 1 aromatic heterocycles. The molecule has 0 saturated carbocycles. The minimum Gasteiger partial charge on any atom is -0.507 e. The molecule has 0 bridgehead atoms. The minimum atomic E-state index is -0.772. The third kappa shape index (κ3) is 3.48. The summed E-state index contributed by atoms with van der Waals surface area (Å²) in [5.74, 6) is -0.491. The molecule has 2 heterocycles. The Bertz CT molecular complexity index is 1110. The quantitative estimate of drug-likeness (QED) is 0.392. The van der Waals surface area contributed by atoms with E-state index in [0.29, 0.717) is 22.6 Å². The molecule has 2 aromatic carbocycles. The van der Waals surface area contributed by atoms with Gasteiger partial charge in [0.2, 0.25) is 0 Å². The molecule has 1 aliphatic heterocycles. The number of Topliss-reactive ketones (excluding diaryl/α,β-unsaturated/α-hetero) is 1. The number of furan rings is 1. The lowest BCUT2D eigenvalue weighted by atomic mass is 9.95. The van der Waals surface area contributed by atoms with Gasteiger partial charge in [-0.25, -0.2) is 0 Å². The lowest BCUT2D eigenvalue weighted by Gasteiger charge is -2.24. The molecule has 152 valence electrons. The first-order chi connectivity index (χ1) is 14.5.